The average Bonchev–Trinajstić information content (AvgIpc) is 2.60. The van der Waals surface area contributed by atoms with Gasteiger partial charge in [0.15, 0.2) is 5.76 Å². The quantitative estimate of drug-likeness (QED) is 0.496. The van der Waals surface area contributed by atoms with Gasteiger partial charge in [-0.3, -0.25) is 4.79 Å². The second-order valence-electron chi connectivity index (χ2n) is 6.56. The Bertz CT molecular complexity index is 601. The van der Waals surface area contributed by atoms with E-state index in [0.717, 1.165) is 6.42 Å². The van der Waals surface area contributed by atoms with Crippen molar-refractivity contribution < 1.29 is 19.4 Å². The smallest absolute Gasteiger partial charge is 0.290 e. The molecule has 2 rings (SSSR count). The number of nitrogen functional groups attached to an aromatic ring is 1. The first kappa shape index (κ1) is 19.3. The molecule has 1 aliphatic rings. The Balaban J connectivity index is 2.03. The summed E-state index contributed by atoms with van der Waals surface area (Å²) >= 11 is 0. The van der Waals surface area contributed by atoms with Crippen LogP contribution in [0.1, 0.15) is 33.1 Å². The van der Waals surface area contributed by atoms with Gasteiger partial charge in [-0.15, -0.1) is 0 Å². The number of aliphatic hydroxyl groups excluding tert-OH is 1. The lowest BCUT2D eigenvalue weighted by Gasteiger charge is -2.31. The minimum absolute atomic E-state index is 0.148. The minimum Gasteiger partial charge on any atom is -0.459 e. The fraction of sp³-hybridized carbons (Fsp3) is 0.526. The standard InChI is InChI=1S/C19H28N2O4/c1-13(2)14-11-17(25-18(12-14)24-10-6-5-9-22)19(23)21-16-8-4-3-7-15(16)20/h3-4,7-8,11,13-14,18,22H,5-6,9-10,12,20H2,1-2H3,(H,21,23). The van der Waals surface area contributed by atoms with Gasteiger partial charge in [0.25, 0.3) is 5.91 Å². The zero-order valence-corrected chi connectivity index (χ0v) is 14.9. The maximum atomic E-state index is 12.6. The zero-order valence-electron chi connectivity index (χ0n) is 14.9. The van der Waals surface area contributed by atoms with Crippen LogP contribution in [0.25, 0.3) is 0 Å². The van der Waals surface area contributed by atoms with Gasteiger partial charge >= 0.3 is 0 Å². The first-order valence-corrected chi connectivity index (χ1v) is 8.78. The largest absolute Gasteiger partial charge is 0.459 e. The number of ether oxygens (including phenoxy) is 2. The van der Waals surface area contributed by atoms with Gasteiger partial charge in [-0.25, -0.2) is 0 Å². The summed E-state index contributed by atoms with van der Waals surface area (Å²) in [5.41, 5.74) is 6.94. The Labute approximate surface area is 149 Å². The summed E-state index contributed by atoms with van der Waals surface area (Å²) in [7, 11) is 0. The molecule has 0 radical (unpaired) electrons. The maximum absolute atomic E-state index is 12.6. The number of allylic oxidation sites excluding steroid dienone is 1. The monoisotopic (exact) mass is 348 g/mol. The summed E-state index contributed by atoms with van der Waals surface area (Å²) in [6.45, 7) is 4.87. The summed E-state index contributed by atoms with van der Waals surface area (Å²) in [5, 5.41) is 11.6. The number of aliphatic hydroxyl groups is 1. The van der Waals surface area contributed by atoms with E-state index < -0.39 is 6.29 Å². The highest BCUT2D eigenvalue weighted by molar-refractivity contribution is 6.04. The Hall–Kier alpha value is -2.05. The average molecular weight is 348 g/mol. The number of carbonyl (C=O) groups excluding carboxylic acids is 1. The molecular weight excluding hydrogens is 320 g/mol. The van der Waals surface area contributed by atoms with Crippen molar-refractivity contribution in [2.75, 3.05) is 24.3 Å². The molecule has 4 N–H and O–H groups in total. The number of hydrogen-bond acceptors (Lipinski definition) is 5. The summed E-state index contributed by atoms with van der Waals surface area (Å²) in [5.74, 6) is 0.509. The van der Waals surface area contributed by atoms with E-state index in [1.54, 1.807) is 12.1 Å². The number of benzene rings is 1. The van der Waals surface area contributed by atoms with Crippen molar-refractivity contribution in [1.82, 2.24) is 0 Å². The van der Waals surface area contributed by atoms with E-state index in [2.05, 4.69) is 19.2 Å². The van der Waals surface area contributed by atoms with Crippen LogP contribution in [0.4, 0.5) is 11.4 Å². The number of rotatable bonds is 8. The molecular formula is C19H28N2O4. The fourth-order valence-electron chi connectivity index (χ4n) is 2.63. The number of nitrogens with two attached hydrogens (primary N) is 1. The third-order valence-electron chi connectivity index (χ3n) is 4.23. The molecule has 6 heteroatoms. The number of unbranched alkanes of at least 4 members (excludes halogenated alkanes) is 1. The highest BCUT2D eigenvalue weighted by Crippen LogP contribution is 2.29. The molecule has 0 spiro atoms. The Morgan fingerprint density at radius 1 is 1.40 bits per heavy atom. The van der Waals surface area contributed by atoms with Gasteiger partial charge in [-0.1, -0.05) is 26.0 Å². The molecule has 138 valence electrons. The third-order valence-corrected chi connectivity index (χ3v) is 4.23. The molecule has 1 heterocycles. The molecule has 2 atom stereocenters. The predicted octanol–water partition coefficient (Wildman–Crippen LogP) is 2.90. The van der Waals surface area contributed by atoms with Crippen molar-refractivity contribution in [3.8, 4) is 0 Å². The Morgan fingerprint density at radius 2 is 2.16 bits per heavy atom. The molecule has 1 amide bonds. The molecule has 0 bridgehead atoms. The Morgan fingerprint density at radius 3 is 2.84 bits per heavy atom. The van der Waals surface area contributed by atoms with Gasteiger partial charge in [-0.05, 0) is 42.9 Å². The minimum atomic E-state index is -0.454. The van der Waals surface area contributed by atoms with E-state index in [9.17, 15) is 4.79 Å². The molecule has 2 unspecified atom stereocenters. The van der Waals surface area contributed by atoms with Crippen LogP contribution in [0.15, 0.2) is 36.1 Å². The van der Waals surface area contributed by atoms with E-state index in [4.69, 9.17) is 20.3 Å². The van der Waals surface area contributed by atoms with E-state index in [-0.39, 0.29) is 24.2 Å². The van der Waals surface area contributed by atoms with Crippen LogP contribution in [-0.4, -0.2) is 30.5 Å². The van der Waals surface area contributed by atoms with Crippen LogP contribution in [0.5, 0.6) is 0 Å². The van der Waals surface area contributed by atoms with Crippen molar-refractivity contribution in [2.45, 2.75) is 39.4 Å². The van der Waals surface area contributed by atoms with Crippen LogP contribution in [0.2, 0.25) is 0 Å². The lowest BCUT2D eigenvalue weighted by atomic mass is 9.90. The first-order chi connectivity index (χ1) is 12.0. The summed E-state index contributed by atoms with van der Waals surface area (Å²) in [6.07, 6.45) is 3.57. The van der Waals surface area contributed by atoms with Gasteiger partial charge in [0.1, 0.15) is 0 Å². The second-order valence-corrected chi connectivity index (χ2v) is 6.56. The lowest BCUT2D eigenvalue weighted by molar-refractivity contribution is -0.148. The van der Waals surface area contributed by atoms with E-state index in [1.807, 2.05) is 18.2 Å². The number of nitrogens with one attached hydrogen (secondary N) is 1. The van der Waals surface area contributed by atoms with Crippen LogP contribution >= 0.6 is 0 Å². The lowest BCUT2D eigenvalue weighted by Crippen LogP contribution is -2.31. The summed E-state index contributed by atoms with van der Waals surface area (Å²) in [4.78, 5) is 12.6. The highest BCUT2D eigenvalue weighted by Gasteiger charge is 2.29. The van der Waals surface area contributed by atoms with Crippen molar-refractivity contribution >= 4 is 17.3 Å². The van der Waals surface area contributed by atoms with Crippen molar-refractivity contribution in [2.24, 2.45) is 11.8 Å². The van der Waals surface area contributed by atoms with E-state index in [1.165, 1.54) is 0 Å². The number of amides is 1. The molecule has 25 heavy (non-hydrogen) atoms. The molecule has 0 saturated heterocycles. The molecule has 0 aliphatic carbocycles. The second kappa shape index (κ2) is 9.44. The molecule has 0 saturated carbocycles. The number of para-hydroxylation sites is 2. The van der Waals surface area contributed by atoms with Crippen LogP contribution in [-0.2, 0) is 14.3 Å². The zero-order chi connectivity index (χ0) is 18.2. The molecule has 1 aromatic rings. The number of anilines is 2. The normalized spacial score (nSPS) is 20.1. The number of hydrogen-bond donors (Lipinski definition) is 3. The van der Waals surface area contributed by atoms with Crippen molar-refractivity contribution in [3.05, 3.63) is 36.1 Å². The third kappa shape index (κ3) is 5.76. The molecule has 1 aliphatic heterocycles. The van der Waals surface area contributed by atoms with Crippen molar-refractivity contribution in [1.29, 1.82) is 0 Å². The van der Waals surface area contributed by atoms with Crippen LogP contribution in [0.3, 0.4) is 0 Å². The molecule has 0 fully saturated rings. The first-order valence-electron chi connectivity index (χ1n) is 8.78. The predicted molar refractivity (Wildman–Crippen MR) is 97.7 cm³/mol. The van der Waals surface area contributed by atoms with E-state index in [0.29, 0.717) is 36.7 Å². The SMILES string of the molecule is CC(C)C1C=C(C(=O)Nc2ccccc2N)OC(OCCCCO)C1. The van der Waals surface area contributed by atoms with Crippen LogP contribution in [0, 0.1) is 11.8 Å². The van der Waals surface area contributed by atoms with Gasteiger partial charge in [-0.2, -0.15) is 0 Å². The molecule has 6 nitrogen and oxygen atoms in total. The summed E-state index contributed by atoms with van der Waals surface area (Å²) in [6, 6.07) is 7.10. The van der Waals surface area contributed by atoms with Gasteiger partial charge < -0.3 is 25.6 Å². The van der Waals surface area contributed by atoms with Crippen molar-refractivity contribution in [3.63, 3.8) is 0 Å². The summed E-state index contributed by atoms with van der Waals surface area (Å²) < 4.78 is 11.5. The van der Waals surface area contributed by atoms with Crippen LogP contribution < -0.4 is 11.1 Å². The maximum Gasteiger partial charge on any atom is 0.290 e. The van der Waals surface area contributed by atoms with E-state index >= 15 is 0 Å². The van der Waals surface area contributed by atoms with Gasteiger partial charge in [0, 0.05) is 13.0 Å². The van der Waals surface area contributed by atoms with Gasteiger partial charge in [0.05, 0.1) is 18.0 Å². The fourth-order valence-corrected chi connectivity index (χ4v) is 2.63. The topological polar surface area (TPSA) is 93.8 Å². The van der Waals surface area contributed by atoms with Gasteiger partial charge in [0.2, 0.25) is 6.29 Å². The molecule has 1 aromatic carbocycles. The Kier molecular flexibility index (Phi) is 7.28. The molecule has 0 aromatic heterocycles. The highest BCUT2D eigenvalue weighted by atomic mass is 16.7. The number of carbonyl (C=O) groups is 1.